The average Bonchev–Trinajstić information content (AvgIpc) is 2.84. The number of aryl methyl sites for hydroxylation is 1. The van der Waals surface area contributed by atoms with Crippen molar-refractivity contribution in [2.75, 3.05) is 0 Å². The monoisotopic (exact) mass is 494 g/mol. The Bertz CT molecular complexity index is 1890. The molecule has 0 saturated heterocycles. The van der Waals surface area contributed by atoms with Crippen molar-refractivity contribution in [3.05, 3.63) is 77.4 Å². The molecule has 1 aromatic heterocycles. The molecule has 0 spiro atoms. The molecular weight excluding hydrogens is 454 g/mol. The van der Waals surface area contributed by atoms with E-state index in [9.17, 15) is 0 Å². The molecule has 0 N–H and O–H groups in total. The van der Waals surface area contributed by atoms with Gasteiger partial charge < -0.3 is 0 Å². The second-order valence-electron chi connectivity index (χ2n) is 12.6. The zero-order chi connectivity index (χ0) is 29.6. The van der Waals surface area contributed by atoms with Crippen LogP contribution in [0.2, 0.25) is 0 Å². The van der Waals surface area contributed by atoms with Crippen LogP contribution in [0.5, 0.6) is 0 Å². The predicted octanol–water partition coefficient (Wildman–Crippen LogP) is 10.2. The lowest BCUT2D eigenvalue weighted by Crippen LogP contribution is -2.12. The fourth-order valence-corrected chi connectivity index (χ4v) is 6.86. The lowest BCUT2D eigenvalue weighted by atomic mass is 9.84. The van der Waals surface area contributed by atoms with Gasteiger partial charge in [-0.05, 0) is 86.8 Å². The molecule has 1 nitrogen and oxygen atoms in total. The minimum atomic E-state index is -2.20. The van der Waals surface area contributed by atoms with E-state index in [1.807, 2.05) is 12.1 Å². The van der Waals surface area contributed by atoms with E-state index < -0.39 is 6.85 Å². The third-order valence-electron chi connectivity index (χ3n) is 6.91. The van der Waals surface area contributed by atoms with Gasteiger partial charge in [0, 0.05) is 31.0 Å². The topological polar surface area (TPSA) is 12.9 Å². The SMILES string of the molecule is [2H]c1nc2c3c(cc4c(CC(C)(C)C)cccc4c3c1[2H])Sc1c-2cc2cc(C([2H])([2H])[2H])ccc2c1CC(C)(C)C. The lowest BCUT2D eigenvalue weighted by molar-refractivity contribution is 0.410. The Labute approximate surface area is 226 Å². The summed E-state index contributed by atoms with van der Waals surface area (Å²) in [4.78, 5) is 6.90. The highest BCUT2D eigenvalue weighted by atomic mass is 32.2. The molecule has 0 unspecified atom stereocenters. The summed E-state index contributed by atoms with van der Waals surface area (Å²) in [6.07, 6.45) is 1.67. The van der Waals surface area contributed by atoms with Gasteiger partial charge in [0.2, 0.25) is 0 Å². The molecule has 0 aliphatic carbocycles. The molecule has 0 saturated carbocycles. The maximum atomic E-state index is 8.96. The number of nitrogens with zero attached hydrogens (tertiary/aromatic N) is 1. The van der Waals surface area contributed by atoms with Crippen molar-refractivity contribution in [1.82, 2.24) is 4.98 Å². The van der Waals surface area contributed by atoms with Crippen molar-refractivity contribution >= 4 is 44.1 Å². The smallest absolute Gasteiger partial charge is 0.0840 e. The second kappa shape index (κ2) is 8.08. The Kier molecular flexibility index (Phi) is 4.13. The molecule has 4 aromatic carbocycles. The van der Waals surface area contributed by atoms with Gasteiger partial charge in [0.25, 0.3) is 0 Å². The molecule has 0 atom stereocenters. The van der Waals surface area contributed by atoms with Crippen molar-refractivity contribution in [2.24, 2.45) is 10.8 Å². The molecule has 5 aromatic rings. The molecule has 2 heteroatoms. The van der Waals surface area contributed by atoms with Gasteiger partial charge in [0.1, 0.15) is 0 Å². The van der Waals surface area contributed by atoms with Crippen LogP contribution in [0, 0.1) is 17.7 Å². The van der Waals surface area contributed by atoms with Crippen LogP contribution in [-0.2, 0) is 12.8 Å². The number of hydrogen-bond donors (Lipinski definition) is 0. The summed E-state index contributed by atoms with van der Waals surface area (Å²) < 4.78 is 41.7. The highest BCUT2D eigenvalue weighted by Gasteiger charge is 2.28. The van der Waals surface area contributed by atoms with Gasteiger partial charge in [-0.15, -0.1) is 0 Å². The second-order valence-corrected chi connectivity index (χ2v) is 13.6. The van der Waals surface area contributed by atoms with Crippen LogP contribution in [-0.4, -0.2) is 4.98 Å². The maximum absolute atomic E-state index is 8.96. The molecular formula is C34H35NS. The number of hydrogen-bond acceptors (Lipinski definition) is 2. The number of pyridine rings is 1. The van der Waals surface area contributed by atoms with Crippen molar-refractivity contribution < 1.29 is 6.85 Å². The fourth-order valence-electron chi connectivity index (χ4n) is 5.60. The minimum Gasteiger partial charge on any atom is -0.256 e. The number of benzene rings is 4. The summed E-state index contributed by atoms with van der Waals surface area (Å²) in [7, 11) is 0. The third kappa shape index (κ3) is 4.00. The van der Waals surface area contributed by atoms with Gasteiger partial charge in [0.15, 0.2) is 0 Å². The van der Waals surface area contributed by atoms with Gasteiger partial charge in [-0.3, -0.25) is 4.98 Å². The van der Waals surface area contributed by atoms with Crippen LogP contribution < -0.4 is 0 Å². The Morgan fingerprint density at radius 1 is 0.861 bits per heavy atom. The Hall–Kier alpha value is -2.84. The summed E-state index contributed by atoms with van der Waals surface area (Å²) >= 11 is 1.73. The van der Waals surface area contributed by atoms with Crippen LogP contribution in [0.25, 0.3) is 43.6 Å². The summed E-state index contributed by atoms with van der Waals surface area (Å²) in [5.41, 5.74) is 4.45. The van der Waals surface area contributed by atoms with Crippen molar-refractivity contribution in [1.29, 1.82) is 0 Å². The van der Waals surface area contributed by atoms with Crippen LogP contribution in [0.15, 0.2) is 70.5 Å². The lowest BCUT2D eigenvalue weighted by Gasteiger charge is -2.28. The number of rotatable bonds is 2. The van der Waals surface area contributed by atoms with E-state index in [1.54, 1.807) is 23.9 Å². The largest absolute Gasteiger partial charge is 0.256 e. The van der Waals surface area contributed by atoms with E-state index in [2.05, 4.69) is 65.8 Å². The molecule has 0 radical (unpaired) electrons. The zero-order valence-electron chi connectivity index (χ0n) is 26.9. The van der Waals surface area contributed by atoms with Gasteiger partial charge in [-0.2, -0.15) is 0 Å². The Morgan fingerprint density at radius 3 is 2.42 bits per heavy atom. The normalized spacial score (nSPS) is 15.9. The molecule has 2 heterocycles. The average molecular weight is 495 g/mol. The van der Waals surface area contributed by atoms with E-state index >= 15 is 0 Å². The number of aromatic nitrogens is 1. The molecule has 0 bridgehead atoms. The first-order valence-electron chi connectivity index (χ1n) is 15.2. The van der Waals surface area contributed by atoms with Crippen LogP contribution in [0.1, 0.15) is 65.1 Å². The first-order valence-corrected chi connectivity index (χ1v) is 13.5. The van der Waals surface area contributed by atoms with Crippen molar-refractivity contribution in [3.63, 3.8) is 0 Å². The number of fused-ring (bicyclic) bond motifs is 5. The molecule has 1 aliphatic rings. The summed E-state index contributed by atoms with van der Waals surface area (Å²) in [5, 5.41) is 5.72. The Morgan fingerprint density at radius 2 is 1.67 bits per heavy atom. The maximum Gasteiger partial charge on any atom is 0.0840 e. The molecule has 182 valence electrons. The van der Waals surface area contributed by atoms with Gasteiger partial charge in [0.05, 0.1) is 8.44 Å². The van der Waals surface area contributed by atoms with Crippen LogP contribution in [0.4, 0.5) is 0 Å². The molecule has 1 aliphatic heterocycles. The first-order chi connectivity index (χ1) is 19.0. The summed E-state index contributed by atoms with van der Waals surface area (Å²) in [5.74, 6) is 0. The van der Waals surface area contributed by atoms with Crippen LogP contribution in [0.3, 0.4) is 0 Å². The summed E-state index contributed by atoms with van der Waals surface area (Å²) in [6, 6.07) is 16.2. The van der Waals surface area contributed by atoms with E-state index in [0.717, 1.165) is 60.5 Å². The van der Waals surface area contributed by atoms with E-state index in [1.165, 1.54) is 11.1 Å². The van der Waals surface area contributed by atoms with Crippen LogP contribution >= 0.6 is 11.8 Å². The standard InChI is InChI=1S/C34H35NS/c1-20-11-12-23-22(15-20)16-27-31-30-25(13-14-35-31)24-10-8-9-21(18-33(2,3)4)26(24)17-29(30)36-32(27)28(23)19-34(5,6)7/h8-17H,18-19H2,1-7H3/i1D3,13D,14D. The van der Waals surface area contributed by atoms with Crippen molar-refractivity contribution in [2.45, 2.75) is 71.0 Å². The van der Waals surface area contributed by atoms with Gasteiger partial charge >= 0.3 is 0 Å². The minimum absolute atomic E-state index is 0.0107. The van der Waals surface area contributed by atoms with Gasteiger partial charge in [-0.1, -0.05) is 95.3 Å². The first kappa shape index (κ1) is 18.4. The Balaban J connectivity index is 1.74. The predicted molar refractivity (Wildman–Crippen MR) is 157 cm³/mol. The molecule has 6 rings (SSSR count). The van der Waals surface area contributed by atoms with E-state index in [-0.39, 0.29) is 23.0 Å². The highest BCUT2D eigenvalue weighted by molar-refractivity contribution is 8.00. The third-order valence-corrected chi connectivity index (χ3v) is 8.13. The fraction of sp³-hybridized carbons (Fsp3) is 0.324. The molecule has 0 amide bonds. The van der Waals surface area contributed by atoms with E-state index in [4.69, 9.17) is 11.8 Å². The highest BCUT2D eigenvalue weighted by Crippen LogP contribution is 2.52. The van der Waals surface area contributed by atoms with E-state index in [0.29, 0.717) is 11.3 Å². The molecule has 0 fully saturated rings. The molecule has 36 heavy (non-hydrogen) atoms. The zero-order valence-corrected chi connectivity index (χ0v) is 22.7. The van der Waals surface area contributed by atoms with Crippen molar-refractivity contribution in [3.8, 4) is 11.3 Å². The quantitative estimate of drug-likeness (QED) is 0.222. The summed E-state index contributed by atoms with van der Waals surface area (Å²) in [6.45, 7) is 11.2. The van der Waals surface area contributed by atoms with Gasteiger partial charge in [-0.25, -0.2) is 0 Å².